The van der Waals surface area contributed by atoms with Gasteiger partial charge in [0.05, 0.1) is 29.5 Å². The molecular weight excluding hydrogens is 269 g/mol. The smallest absolute Gasteiger partial charge is 0.375 e. The summed E-state index contributed by atoms with van der Waals surface area (Å²) in [5.74, 6) is 0. The minimum absolute atomic E-state index is 0.0524. The van der Waals surface area contributed by atoms with Crippen LogP contribution in [0.15, 0.2) is 18.2 Å². The summed E-state index contributed by atoms with van der Waals surface area (Å²) in [5.41, 5.74) is -0.197. The summed E-state index contributed by atoms with van der Waals surface area (Å²) in [7, 11) is 0. The average molecular weight is 284 g/mol. The monoisotopic (exact) mass is 284 g/mol. The minimum Gasteiger partial charge on any atom is -0.375 e. The maximum Gasteiger partial charge on any atom is 0.416 e. The molecule has 0 spiro atoms. The molecule has 1 saturated heterocycles. The Morgan fingerprint density at radius 2 is 2.20 bits per heavy atom. The lowest BCUT2D eigenvalue weighted by atomic mass is 10.1. The van der Waals surface area contributed by atoms with Crippen LogP contribution in [-0.2, 0) is 10.9 Å². The molecule has 0 aromatic heterocycles. The van der Waals surface area contributed by atoms with Gasteiger partial charge in [0.25, 0.3) is 0 Å². The van der Waals surface area contributed by atoms with Crippen LogP contribution < -0.4 is 4.90 Å². The fourth-order valence-corrected chi connectivity index (χ4v) is 2.26. The van der Waals surface area contributed by atoms with E-state index < -0.39 is 11.7 Å². The highest BCUT2D eigenvalue weighted by Gasteiger charge is 2.32. The number of halogens is 3. The molecule has 1 aliphatic rings. The fraction of sp³-hybridized carbons (Fsp3) is 0.500. The van der Waals surface area contributed by atoms with Crippen molar-refractivity contribution in [2.45, 2.75) is 25.6 Å². The van der Waals surface area contributed by atoms with E-state index in [2.05, 4.69) is 0 Å². The third kappa shape index (κ3) is 3.05. The van der Waals surface area contributed by atoms with Crippen molar-refractivity contribution in [2.75, 3.05) is 24.6 Å². The Balaban J connectivity index is 2.30. The molecule has 6 heteroatoms. The number of anilines is 1. The number of ether oxygens (including phenoxy) is 1. The molecule has 1 aromatic carbocycles. The molecule has 1 unspecified atom stereocenters. The molecule has 3 nitrogen and oxygen atoms in total. The summed E-state index contributed by atoms with van der Waals surface area (Å²) in [6.45, 7) is 3.68. The van der Waals surface area contributed by atoms with Gasteiger partial charge in [-0.3, -0.25) is 0 Å². The van der Waals surface area contributed by atoms with Gasteiger partial charge < -0.3 is 9.64 Å². The van der Waals surface area contributed by atoms with Crippen LogP contribution in [0, 0.1) is 11.3 Å². The van der Waals surface area contributed by atoms with Gasteiger partial charge in [-0.1, -0.05) is 6.92 Å². The van der Waals surface area contributed by atoms with E-state index >= 15 is 0 Å². The topological polar surface area (TPSA) is 36.3 Å². The Kier molecular flexibility index (Phi) is 4.19. The molecule has 2 rings (SSSR count). The lowest BCUT2D eigenvalue weighted by molar-refractivity contribution is -0.137. The number of rotatable bonds is 2. The fourth-order valence-electron chi connectivity index (χ4n) is 2.26. The highest BCUT2D eigenvalue weighted by Crippen LogP contribution is 2.33. The summed E-state index contributed by atoms with van der Waals surface area (Å²) < 4.78 is 43.5. The van der Waals surface area contributed by atoms with Gasteiger partial charge in [-0.05, 0) is 24.6 Å². The lowest BCUT2D eigenvalue weighted by Crippen LogP contribution is -2.42. The molecule has 0 saturated carbocycles. The van der Waals surface area contributed by atoms with Crippen LogP contribution >= 0.6 is 0 Å². The van der Waals surface area contributed by atoms with Crippen LogP contribution in [-0.4, -0.2) is 25.8 Å². The van der Waals surface area contributed by atoms with Gasteiger partial charge in [0.1, 0.15) is 6.07 Å². The number of nitriles is 1. The van der Waals surface area contributed by atoms with E-state index in [0.29, 0.717) is 25.4 Å². The first-order valence-corrected chi connectivity index (χ1v) is 6.43. The van der Waals surface area contributed by atoms with Crippen molar-refractivity contribution in [3.63, 3.8) is 0 Å². The standard InChI is InChI=1S/C14H15F3N2O/c1-2-12-9-19(5-6-20-12)13-4-3-11(14(15,16)17)7-10(13)8-18/h3-4,7,12H,2,5-6,9H2,1H3. The molecule has 1 aliphatic heterocycles. The third-order valence-corrected chi connectivity index (χ3v) is 3.38. The summed E-state index contributed by atoms with van der Waals surface area (Å²) in [6, 6.07) is 5.16. The first-order valence-electron chi connectivity index (χ1n) is 6.43. The second-order valence-corrected chi connectivity index (χ2v) is 4.69. The Morgan fingerprint density at radius 1 is 1.45 bits per heavy atom. The highest BCUT2D eigenvalue weighted by atomic mass is 19.4. The summed E-state index contributed by atoms with van der Waals surface area (Å²) in [4.78, 5) is 1.91. The number of morpholine rings is 1. The Bertz CT molecular complexity index is 522. The number of benzene rings is 1. The van der Waals surface area contributed by atoms with Gasteiger partial charge in [-0.25, -0.2) is 0 Å². The van der Waals surface area contributed by atoms with Crippen LogP contribution in [0.5, 0.6) is 0 Å². The quantitative estimate of drug-likeness (QED) is 0.836. The second-order valence-electron chi connectivity index (χ2n) is 4.69. The third-order valence-electron chi connectivity index (χ3n) is 3.38. The summed E-state index contributed by atoms with van der Waals surface area (Å²) >= 11 is 0. The van der Waals surface area contributed by atoms with Gasteiger partial charge >= 0.3 is 6.18 Å². The molecule has 20 heavy (non-hydrogen) atoms. The van der Waals surface area contributed by atoms with E-state index in [0.717, 1.165) is 18.6 Å². The molecule has 0 bridgehead atoms. The first-order chi connectivity index (χ1) is 9.45. The minimum atomic E-state index is -4.43. The zero-order chi connectivity index (χ0) is 14.8. The lowest BCUT2D eigenvalue weighted by Gasteiger charge is -2.34. The Hall–Kier alpha value is -1.74. The zero-order valence-electron chi connectivity index (χ0n) is 11.1. The van der Waals surface area contributed by atoms with Gasteiger partial charge in [-0.15, -0.1) is 0 Å². The zero-order valence-corrected chi connectivity index (χ0v) is 11.1. The Morgan fingerprint density at radius 3 is 2.80 bits per heavy atom. The molecule has 0 N–H and O–H groups in total. The van der Waals surface area contributed by atoms with E-state index in [9.17, 15) is 13.2 Å². The van der Waals surface area contributed by atoms with E-state index in [-0.39, 0.29) is 11.7 Å². The molecule has 0 amide bonds. The van der Waals surface area contributed by atoms with Crippen molar-refractivity contribution >= 4 is 5.69 Å². The van der Waals surface area contributed by atoms with E-state index in [1.807, 2.05) is 17.9 Å². The number of hydrogen-bond donors (Lipinski definition) is 0. The van der Waals surface area contributed by atoms with Crippen molar-refractivity contribution < 1.29 is 17.9 Å². The molecule has 1 heterocycles. The second kappa shape index (κ2) is 5.71. The maximum absolute atomic E-state index is 12.7. The molecule has 1 aromatic rings. The van der Waals surface area contributed by atoms with Crippen LogP contribution in [0.3, 0.4) is 0 Å². The first kappa shape index (κ1) is 14.7. The van der Waals surface area contributed by atoms with Crippen LogP contribution in [0.1, 0.15) is 24.5 Å². The van der Waals surface area contributed by atoms with E-state index in [1.165, 1.54) is 6.07 Å². The maximum atomic E-state index is 12.7. The van der Waals surface area contributed by atoms with Crippen LogP contribution in [0.4, 0.5) is 18.9 Å². The number of hydrogen-bond acceptors (Lipinski definition) is 3. The van der Waals surface area contributed by atoms with Crippen LogP contribution in [0.25, 0.3) is 0 Å². The van der Waals surface area contributed by atoms with Crippen molar-refractivity contribution in [1.29, 1.82) is 5.26 Å². The van der Waals surface area contributed by atoms with Crippen molar-refractivity contribution in [2.24, 2.45) is 0 Å². The van der Waals surface area contributed by atoms with E-state index in [1.54, 1.807) is 0 Å². The summed E-state index contributed by atoms with van der Waals surface area (Å²) in [5, 5.41) is 9.09. The van der Waals surface area contributed by atoms with Gasteiger partial charge in [0.15, 0.2) is 0 Å². The highest BCUT2D eigenvalue weighted by molar-refractivity contribution is 5.61. The van der Waals surface area contributed by atoms with Gasteiger partial charge in [-0.2, -0.15) is 18.4 Å². The molecule has 1 atom stereocenters. The van der Waals surface area contributed by atoms with Crippen molar-refractivity contribution in [3.8, 4) is 6.07 Å². The molecule has 0 aliphatic carbocycles. The van der Waals surface area contributed by atoms with Gasteiger partial charge in [0.2, 0.25) is 0 Å². The van der Waals surface area contributed by atoms with Gasteiger partial charge in [0, 0.05) is 13.1 Å². The van der Waals surface area contributed by atoms with Crippen molar-refractivity contribution in [3.05, 3.63) is 29.3 Å². The summed E-state index contributed by atoms with van der Waals surface area (Å²) in [6.07, 6.45) is -3.54. The molecule has 1 fully saturated rings. The van der Waals surface area contributed by atoms with Crippen molar-refractivity contribution in [1.82, 2.24) is 0 Å². The SMILES string of the molecule is CCC1CN(c2ccc(C(F)(F)F)cc2C#N)CCO1. The predicted molar refractivity (Wildman–Crippen MR) is 68.4 cm³/mol. The molecule has 108 valence electrons. The molecule has 0 radical (unpaired) electrons. The number of alkyl halides is 3. The average Bonchev–Trinajstić information content (AvgIpc) is 2.45. The number of nitrogens with zero attached hydrogens (tertiary/aromatic N) is 2. The van der Waals surface area contributed by atoms with E-state index in [4.69, 9.17) is 10.00 Å². The predicted octanol–water partition coefficient (Wildman–Crippen LogP) is 3.19. The largest absolute Gasteiger partial charge is 0.416 e. The normalized spacial score (nSPS) is 19.8. The van der Waals surface area contributed by atoms with Crippen LogP contribution in [0.2, 0.25) is 0 Å². The Labute approximate surface area is 115 Å². The molecular formula is C14H15F3N2O.